The summed E-state index contributed by atoms with van der Waals surface area (Å²) in [5, 5.41) is 44.1. The Balaban J connectivity index is 0.000000181. The molecule has 336 valence electrons. The summed E-state index contributed by atoms with van der Waals surface area (Å²) in [5.74, 6) is 0.245. The highest BCUT2D eigenvalue weighted by atomic mass is 35.5. The van der Waals surface area contributed by atoms with E-state index in [1.807, 2.05) is 84.9 Å². The monoisotopic (exact) mass is 900 g/mol. The molecule has 0 aliphatic carbocycles. The lowest BCUT2D eigenvalue weighted by atomic mass is 9.93. The van der Waals surface area contributed by atoms with Gasteiger partial charge in [0, 0.05) is 19.1 Å². The number of nitrogens with one attached hydrogen (secondary N) is 1. The zero-order valence-corrected chi connectivity index (χ0v) is 36.6. The molecule has 65 heavy (non-hydrogen) atoms. The van der Waals surface area contributed by atoms with E-state index in [-0.39, 0.29) is 55.0 Å². The van der Waals surface area contributed by atoms with E-state index in [4.69, 9.17) is 26.2 Å². The Kier molecular flexibility index (Phi) is 16.5. The molecule has 14 nitrogen and oxygen atoms in total. The van der Waals surface area contributed by atoms with Gasteiger partial charge in [-0.15, -0.1) is 0 Å². The predicted octanol–water partition coefficient (Wildman–Crippen LogP) is 8.60. The average molecular weight is 901 g/mol. The van der Waals surface area contributed by atoms with Crippen molar-refractivity contribution in [3.63, 3.8) is 0 Å². The number of nitro benzene ring substituents is 2. The van der Waals surface area contributed by atoms with Crippen molar-refractivity contribution in [3.05, 3.63) is 209 Å². The molecule has 6 aromatic rings. The minimum Gasteiger partial charge on any atom is -0.488 e. The van der Waals surface area contributed by atoms with Crippen LogP contribution in [0.3, 0.4) is 0 Å². The zero-order chi connectivity index (χ0) is 46.5. The lowest BCUT2D eigenvalue weighted by Crippen LogP contribution is -2.46. The average Bonchev–Trinajstić information content (AvgIpc) is 3.33. The second-order valence-corrected chi connectivity index (χ2v) is 15.9. The standard InChI is InChI=1S/C25H24N2O5.C15H12ClNO4.C10H13NO/c1-17-11-22(23(27(30)31)13-24(17)32-16-18-7-3-2-4-8-18)25(29)26-14-20-10-6-5-9-19(20)12-21(26)15-28;1-10-7-12(15(16)18)13(17(19)20)8-14(10)21-9-11-5-3-2-4-6-11;12-7-10-5-8-3-1-2-4-9(8)6-11-10/h2-11,13,21,28H,12,14-16H2,1H3;2-8H,9H2,1H3;1-4,10-12H,5-7H2/t21-;;10-/m0.0/s1. The fraction of sp³-hybridized carbons (Fsp3) is 0.240. The van der Waals surface area contributed by atoms with Gasteiger partial charge < -0.3 is 29.9 Å². The van der Waals surface area contributed by atoms with Crippen LogP contribution in [0.5, 0.6) is 11.5 Å². The summed E-state index contributed by atoms with van der Waals surface area (Å²) in [5.41, 5.74) is 7.11. The molecule has 0 saturated carbocycles. The van der Waals surface area contributed by atoms with Crippen LogP contribution in [0, 0.1) is 34.1 Å². The minimum absolute atomic E-state index is 0.00241. The highest BCUT2D eigenvalue weighted by Crippen LogP contribution is 2.33. The van der Waals surface area contributed by atoms with Crippen LogP contribution in [-0.4, -0.2) is 61.4 Å². The number of fused-ring (bicyclic) bond motifs is 2. The Hall–Kier alpha value is -6.97. The number of carbonyl (C=O) groups excluding carboxylic acids is 2. The summed E-state index contributed by atoms with van der Waals surface area (Å²) in [6.07, 6.45) is 1.45. The Morgan fingerprint density at radius 2 is 1.12 bits per heavy atom. The number of aliphatic hydroxyl groups excluding tert-OH is 2. The van der Waals surface area contributed by atoms with Gasteiger partial charge in [-0.1, -0.05) is 109 Å². The fourth-order valence-corrected chi connectivity index (χ4v) is 7.71. The summed E-state index contributed by atoms with van der Waals surface area (Å²) in [4.78, 5) is 47.8. The summed E-state index contributed by atoms with van der Waals surface area (Å²) in [7, 11) is 0. The number of rotatable bonds is 12. The van der Waals surface area contributed by atoms with Gasteiger partial charge in [-0.25, -0.2) is 0 Å². The number of aliphatic hydroxyl groups is 2. The van der Waals surface area contributed by atoms with Gasteiger partial charge in [-0.2, -0.15) is 0 Å². The minimum atomic E-state index is -0.862. The predicted molar refractivity (Wildman–Crippen MR) is 246 cm³/mol. The highest BCUT2D eigenvalue weighted by molar-refractivity contribution is 6.68. The third kappa shape index (κ3) is 12.4. The van der Waals surface area contributed by atoms with E-state index in [2.05, 4.69) is 29.6 Å². The van der Waals surface area contributed by atoms with E-state index in [0.717, 1.165) is 35.2 Å². The number of benzene rings is 6. The molecule has 1 amide bonds. The van der Waals surface area contributed by atoms with Crippen LogP contribution < -0.4 is 14.8 Å². The van der Waals surface area contributed by atoms with E-state index in [9.17, 15) is 34.9 Å². The van der Waals surface area contributed by atoms with Crippen LogP contribution in [0.25, 0.3) is 0 Å². The first-order valence-electron chi connectivity index (χ1n) is 20.9. The van der Waals surface area contributed by atoms with Crippen molar-refractivity contribution in [1.29, 1.82) is 0 Å². The van der Waals surface area contributed by atoms with E-state index in [0.29, 0.717) is 35.6 Å². The highest BCUT2D eigenvalue weighted by Gasteiger charge is 2.34. The topological polar surface area (TPSA) is 195 Å². The zero-order valence-electron chi connectivity index (χ0n) is 35.9. The van der Waals surface area contributed by atoms with Crippen LogP contribution >= 0.6 is 11.6 Å². The van der Waals surface area contributed by atoms with Gasteiger partial charge in [0.15, 0.2) is 0 Å². The number of amides is 1. The van der Waals surface area contributed by atoms with Crippen LogP contribution in [0.2, 0.25) is 0 Å². The third-order valence-corrected chi connectivity index (χ3v) is 11.3. The van der Waals surface area contributed by atoms with Gasteiger partial charge >= 0.3 is 0 Å². The maximum atomic E-state index is 13.4. The number of nitro groups is 2. The first-order valence-corrected chi connectivity index (χ1v) is 21.3. The third-order valence-electron chi connectivity index (χ3n) is 11.1. The Labute approximate surface area is 381 Å². The van der Waals surface area contributed by atoms with E-state index >= 15 is 0 Å². The fourth-order valence-electron chi connectivity index (χ4n) is 7.56. The molecular formula is C50H49ClN4O10. The molecule has 8 rings (SSSR count). The first kappa shape index (κ1) is 47.5. The van der Waals surface area contributed by atoms with Gasteiger partial charge in [-0.3, -0.25) is 29.8 Å². The second-order valence-electron chi connectivity index (χ2n) is 15.6. The largest absolute Gasteiger partial charge is 0.488 e. The number of hydrogen-bond acceptors (Lipinski definition) is 11. The number of hydrogen-bond donors (Lipinski definition) is 3. The van der Waals surface area contributed by atoms with Crippen molar-refractivity contribution in [2.45, 2.75) is 65.1 Å². The molecule has 3 N–H and O–H groups in total. The van der Waals surface area contributed by atoms with E-state index in [1.165, 1.54) is 40.3 Å². The maximum absolute atomic E-state index is 13.4. The molecule has 0 aromatic heterocycles. The van der Waals surface area contributed by atoms with Crippen molar-refractivity contribution in [1.82, 2.24) is 10.2 Å². The van der Waals surface area contributed by atoms with Crippen molar-refractivity contribution in [2.24, 2.45) is 0 Å². The van der Waals surface area contributed by atoms with Gasteiger partial charge in [0.25, 0.3) is 22.5 Å². The molecular weight excluding hydrogens is 852 g/mol. The lowest BCUT2D eigenvalue weighted by Gasteiger charge is -2.36. The number of nitrogens with zero attached hydrogens (tertiary/aromatic N) is 3. The smallest absolute Gasteiger partial charge is 0.285 e. The van der Waals surface area contributed by atoms with Gasteiger partial charge in [-0.05, 0) is 94.9 Å². The van der Waals surface area contributed by atoms with Crippen molar-refractivity contribution in [2.75, 3.05) is 13.2 Å². The van der Waals surface area contributed by atoms with Crippen molar-refractivity contribution >= 4 is 34.1 Å². The molecule has 2 aliphatic heterocycles. The molecule has 6 aromatic carbocycles. The Morgan fingerprint density at radius 1 is 0.662 bits per heavy atom. The van der Waals surface area contributed by atoms with Crippen LogP contribution in [-0.2, 0) is 39.1 Å². The number of aryl methyl sites for hydroxylation is 2. The van der Waals surface area contributed by atoms with E-state index in [1.54, 1.807) is 13.8 Å². The maximum Gasteiger partial charge on any atom is 0.285 e. The molecule has 2 aliphatic rings. The number of halogens is 1. The van der Waals surface area contributed by atoms with Gasteiger partial charge in [0.2, 0.25) is 0 Å². The second kappa shape index (κ2) is 22.6. The van der Waals surface area contributed by atoms with Crippen molar-refractivity contribution in [3.8, 4) is 11.5 Å². The van der Waals surface area contributed by atoms with Crippen LogP contribution in [0.15, 0.2) is 133 Å². The normalized spacial score (nSPS) is 14.8. The molecule has 2 atom stereocenters. The molecule has 0 spiro atoms. The lowest BCUT2D eigenvalue weighted by molar-refractivity contribution is -0.385. The summed E-state index contributed by atoms with van der Waals surface area (Å²) >= 11 is 5.37. The summed E-state index contributed by atoms with van der Waals surface area (Å²) in [6.45, 7) is 5.21. The summed E-state index contributed by atoms with van der Waals surface area (Å²) < 4.78 is 11.4. The molecule has 0 unspecified atom stereocenters. The Bertz CT molecular complexity index is 2630. The number of ether oxygens (including phenoxy) is 2. The van der Waals surface area contributed by atoms with E-state index < -0.39 is 27.0 Å². The molecule has 2 heterocycles. The van der Waals surface area contributed by atoms with Crippen LogP contribution in [0.4, 0.5) is 11.4 Å². The van der Waals surface area contributed by atoms with Crippen molar-refractivity contribution < 1.29 is 39.1 Å². The molecule has 0 saturated heterocycles. The summed E-state index contributed by atoms with van der Waals surface area (Å²) in [6, 6.07) is 40.3. The quantitative estimate of drug-likeness (QED) is 0.0605. The molecule has 0 fully saturated rings. The molecule has 0 bridgehead atoms. The van der Waals surface area contributed by atoms with Gasteiger partial charge in [0.1, 0.15) is 35.8 Å². The van der Waals surface area contributed by atoms with Gasteiger partial charge in [0.05, 0.1) is 41.2 Å². The first-order chi connectivity index (χ1) is 31.4. The SMILES string of the molecule is Cc1cc(C(=O)Cl)c([N+](=O)[O-])cc1OCc1ccccc1.Cc1cc(C(=O)N2Cc3ccccc3C[C@H]2CO)c([N+](=O)[O-])cc1OCc1ccccc1.OC[C@@H]1Cc2ccccc2CN1. The molecule has 0 radical (unpaired) electrons. The number of carbonyl (C=O) groups is 2. The Morgan fingerprint density at radius 3 is 1.62 bits per heavy atom. The van der Waals surface area contributed by atoms with Crippen LogP contribution in [0.1, 0.15) is 65.2 Å². The molecule has 15 heteroatoms.